The summed E-state index contributed by atoms with van der Waals surface area (Å²) in [4.78, 5) is 12.3. The molecule has 25 heavy (non-hydrogen) atoms. The van der Waals surface area contributed by atoms with Crippen LogP contribution in [0.2, 0.25) is 0 Å². The summed E-state index contributed by atoms with van der Waals surface area (Å²) >= 11 is 0. The van der Waals surface area contributed by atoms with Gasteiger partial charge in [-0.2, -0.15) is 0 Å². The molecular weight excluding hydrogens is 314 g/mol. The number of nitrogens with one attached hydrogen (secondary N) is 1. The van der Waals surface area contributed by atoms with Gasteiger partial charge in [-0.3, -0.25) is 4.79 Å². The zero-order chi connectivity index (χ0) is 18.4. The van der Waals surface area contributed by atoms with Crippen LogP contribution in [0, 0.1) is 11.3 Å². The minimum atomic E-state index is 0.0471. The number of rotatable bonds is 6. The number of methoxy groups -OCH3 is 1. The lowest BCUT2D eigenvalue weighted by atomic mass is 9.79. The van der Waals surface area contributed by atoms with Crippen LogP contribution in [-0.4, -0.2) is 24.2 Å². The fraction of sp³-hybridized carbons (Fsp3) is 0.667. The van der Waals surface area contributed by atoms with Crippen molar-refractivity contribution in [2.45, 2.75) is 71.8 Å². The highest BCUT2D eigenvalue weighted by Gasteiger charge is 2.23. The second-order valence-electron chi connectivity index (χ2n) is 8.57. The molecule has 0 atom stereocenters. The molecule has 0 spiro atoms. The summed E-state index contributed by atoms with van der Waals surface area (Å²) in [6.45, 7) is 6.91. The normalized spacial score (nSPS) is 21.0. The predicted octanol–water partition coefficient (Wildman–Crippen LogP) is 4.44. The largest absolute Gasteiger partial charge is 0.504 e. The zero-order valence-electron chi connectivity index (χ0n) is 16.1. The molecule has 1 fully saturated rings. The first-order valence-electron chi connectivity index (χ1n) is 9.42. The van der Waals surface area contributed by atoms with Crippen LogP contribution in [-0.2, 0) is 11.2 Å². The smallest absolute Gasteiger partial charge is 0.224 e. The molecule has 0 saturated heterocycles. The first-order chi connectivity index (χ1) is 11.8. The van der Waals surface area contributed by atoms with Crippen molar-refractivity contribution in [2.24, 2.45) is 11.3 Å². The van der Waals surface area contributed by atoms with Gasteiger partial charge in [0.05, 0.1) is 13.5 Å². The van der Waals surface area contributed by atoms with E-state index in [-0.39, 0.29) is 11.7 Å². The van der Waals surface area contributed by atoms with Crippen molar-refractivity contribution in [3.8, 4) is 11.5 Å². The molecule has 0 aromatic heterocycles. The third-order valence-corrected chi connectivity index (χ3v) is 5.12. The Hall–Kier alpha value is -1.71. The lowest BCUT2D eigenvalue weighted by Gasteiger charge is -2.31. The van der Waals surface area contributed by atoms with Crippen molar-refractivity contribution in [1.82, 2.24) is 5.32 Å². The van der Waals surface area contributed by atoms with Gasteiger partial charge in [-0.15, -0.1) is 0 Å². The van der Waals surface area contributed by atoms with E-state index in [1.54, 1.807) is 18.2 Å². The van der Waals surface area contributed by atoms with Gasteiger partial charge in [0.1, 0.15) is 0 Å². The van der Waals surface area contributed by atoms with E-state index < -0.39 is 0 Å². The highest BCUT2D eigenvalue weighted by atomic mass is 16.5. The average Bonchev–Trinajstić information content (AvgIpc) is 2.55. The molecule has 1 aliphatic rings. The van der Waals surface area contributed by atoms with E-state index in [1.807, 2.05) is 0 Å². The Kier molecular flexibility index (Phi) is 6.74. The highest BCUT2D eigenvalue weighted by Crippen LogP contribution is 2.32. The van der Waals surface area contributed by atoms with Crippen LogP contribution in [0.25, 0.3) is 0 Å². The lowest BCUT2D eigenvalue weighted by Crippen LogP contribution is -2.38. The van der Waals surface area contributed by atoms with Crippen molar-refractivity contribution in [2.75, 3.05) is 7.11 Å². The molecule has 140 valence electrons. The number of hydrogen-bond acceptors (Lipinski definition) is 3. The average molecular weight is 347 g/mol. The van der Waals surface area contributed by atoms with E-state index in [9.17, 15) is 9.90 Å². The van der Waals surface area contributed by atoms with Gasteiger partial charge in [0.25, 0.3) is 0 Å². The van der Waals surface area contributed by atoms with Crippen LogP contribution in [0.1, 0.15) is 64.9 Å². The first-order valence-corrected chi connectivity index (χ1v) is 9.42. The Balaban J connectivity index is 1.75. The van der Waals surface area contributed by atoms with Gasteiger partial charge in [-0.25, -0.2) is 0 Å². The fourth-order valence-corrected chi connectivity index (χ4v) is 3.53. The third-order valence-electron chi connectivity index (χ3n) is 5.12. The van der Waals surface area contributed by atoms with Gasteiger partial charge < -0.3 is 15.2 Å². The molecule has 4 heteroatoms. The van der Waals surface area contributed by atoms with Crippen molar-refractivity contribution in [1.29, 1.82) is 0 Å². The third kappa shape index (κ3) is 6.60. The number of aromatic hydroxyl groups is 1. The summed E-state index contributed by atoms with van der Waals surface area (Å²) in [5, 5.41) is 12.8. The van der Waals surface area contributed by atoms with E-state index in [1.165, 1.54) is 32.8 Å². The molecule has 4 nitrogen and oxygen atoms in total. The number of phenolic OH excluding ortho intramolecular Hbond substituents is 1. The molecule has 0 heterocycles. The molecule has 0 bridgehead atoms. The van der Waals surface area contributed by atoms with Crippen LogP contribution in [0.4, 0.5) is 0 Å². The topological polar surface area (TPSA) is 58.6 Å². The van der Waals surface area contributed by atoms with Gasteiger partial charge >= 0.3 is 0 Å². The first kappa shape index (κ1) is 19.6. The van der Waals surface area contributed by atoms with Gasteiger partial charge in [0, 0.05) is 6.04 Å². The molecule has 1 aliphatic carbocycles. The van der Waals surface area contributed by atoms with Crippen LogP contribution >= 0.6 is 0 Å². The maximum Gasteiger partial charge on any atom is 0.224 e. The Morgan fingerprint density at radius 2 is 1.92 bits per heavy atom. The van der Waals surface area contributed by atoms with E-state index in [2.05, 4.69) is 26.1 Å². The number of carbonyl (C=O) groups is 1. The minimum absolute atomic E-state index is 0.0471. The van der Waals surface area contributed by atoms with E-state index >= 15 is 0 Å². The molecule has 0 aliphatic heterocycles. The Morgan fingerprint density at radius 3 is 2.52 bits per heavy atom. The molecule has 1 aromatic rings. The molecule has 1 saturated carbocycles. The van der Waals surface area contributed by atoms with E-state index in [4.69, 9.17) is 4.74 Å². The number of ether oxygens (including phenoxy) is 1. The standard InChI is InChI=1S/C21H33NO3/c1-21(2,3)12-11-15-5-8-17(9-6-15)22-20(24)14-16-7-10-18(23)19(13-16)25-4/h7,10,13,15,17,23H,5-6,8-9,11-12,14H2,1-4H3,(H,22,24)/t15-,17-. The monoisotopic (exact) mass is 347 g/mol. The summed E-state index contributed by atoms with van der Waals surface area (Å²) in [5.74, 6) is 1.37. The summed E-state index contributed by atoms with van der Waals surface area (Å²) in [6.07, 6.45) is 7.50. The van der Waals surface area contributed by atoms with Crippen LogP contribution in [0.3, 0.4) is 0 Å². The summed E-state index contributed by atoms with van der Waals surface area (Å²) in [6, 6.07) is 5.36. The number of phenols is 1. The number of carbonyl (C=O) groups excluding carboxylic acids is 1. The molecule has 1 amide bonds. The molecule has 0 radical (unpaired) electrons. The van der Waals surface area contributed by atoms with Gasteiger partial charge in [-0.1, -0.05) is 26.8 Å². The second-order valence-corrected chi connectivity index (χ2v) is 8.57. The summed E-state index contributed by atoms with van der Waals surface area (Å²) in [7, 11) is 1.51. The number of hydrogen-bond donors (Lipinski definition) is 2. The lowest BCUT2D eigenvalue weighted by molar-refractivity contribution is -0.121. The summed E-state index contributed by atoms with van der Waals surface area (Å²) in [5.41, 5.74) is 1.27. The SMILES string of the molecule is COc1cc(CC(=O)N[C@H]2CC[C@H](CCC(C)(C)C)CC2)ccc1O. The Bertz CT molecular complexity index is 569. The maximum atomic E-state index is 12.3. The predicted molar refractivity (Wildman–Crippen MR) is 101 cm³/mol. The molecular formula is C21H33NO3. The number of benzene rings is 1. The molecule has 1 aromatic carbocycles. The van der Waals surface area contributed by atoms with Crippen molar-refractivity contribution < 1.29 is 14.6 Å². The van der Waals surface area contributed by atoms with Crippen LogP contribution in [0.15, 0.2) is 18.2 Å². The molecule has 2 N–H and O–H groups in total. The zero-order valence-corrected chi connectivity index (χ0v) is 16.1. The Morgan fingerprint density at radius 1 is 1.24 bits per heavy atom. The fourth-order valence-electron chi connectivity index (χ4n) is 3.53. The molecule has 0 unspecified atom stereocenters. The Labute approximate surface area is 152 Å². The summed E-state index contributed by atoms with van der Waals surface area (Å²) < 4.78 is 5.09. The number of amides is 1. The van der Waals surface area contributed by atoms with E-state index in [0.29, 0.717) is 23.6 Å². The van der Waals surface area contributed by atoms with Gasteiger partial charge in [0.2, 0.25) is 5.91 Å². The van der Waals surface area contributed by atoms with Crippen molar-refractivity contribution in [3.63, 3.8) is 0 Å². The van der Waals surface area contributed by atoms with Gasteiger partial charge in [0.15, 0.2) is 11.5 Å². The molecule has 2 rings (SSSR count). The highest BCUT2D eigenvalue weighted by molar-refractivity contribution is 5.79. The second kappa shape index (κ2) is 8.59. The minimum Gasteiger partial charge on any atom is -0.504 e. The maximum absolute atomic E-state index is 12.3. The van der Waals surface area contributed by atoms with Crippen LogP contribution in [0.5, 0.6) is 11.5 Å². The van der Waals surface area contributed by atoms with Crippen molar-refractivity contribution in [3.05, 3.63) is 23.8 Å². The van der Waals surface area contributed by atoms with Gasteiger partial charge in [-0.05, 0) is 67.6 Å². The van der Waals surface area contributed by atoms with Crippen LogP contribution < -0.4 is 10.1 Å². The van der Waals surface area contributed by atoms with Crippen molar-refractivity contribution >= 4 is 5.91 Å². The van der Waals surface area contributed by atoms with E-state index in [0.717, 1.165) is 24.3 Å². The quantitative estimate of drug-likeness (QED) is 0.799.